The van der Waals surface area contributed by atoms with Crippen LogP contribution >= 0.6 is 0 Å². The van der Waals surface area contributed by atoms with Crippen molar-refractivity contribution in [2.75, 3.05) is 0 Å². The van der Waals surface area contributed by atoms with Gasteiger partial charge >= 0.3 is 0 Å². The number of amides is 1. The van der Waals surface area contributed by atoms with E-state index in [2.05, 4.69) is 15.5 Å². The molecule has 0 aliphatic rings. The minimum Gasteiger partial charge on any atom is -0.421 e. The average Bonchev–Trinajstić information content (AvgIpc) is 3.09. The summed E-state index contributed by atoms with van der Waals surface area (Å²) >= 11 is 0. The molecule has 25 heavy (non-hydrogen) atoms. The van der Waals surface area contributed by atoms with E-state index in [1.807, 2.05) is 31.2 Å². The largest absolute Gasteiger partial charge is 0.421 e. The quantitative estimate of drug-likeness (QED) is 0.747. The number of benzene rings is 2. The average molecular weight is 339 g/mol. The summed E-state index contributed by atoms with van der Waals surface area (Å²) in [5, 5.41) is 10.7. The van der Waals surface area contributed by atoms with Gasteiger partial charge in [-0.2, -0.15) is 0 Å². The number of halogens is 1. The number of hydrogen-bond donors (Lipinski definition) is 1. The highest BCUT2D eigenvalue weighted by Gasteiger charge is 2.10. The van der Waals surface area contributed by atoms with Crippen LogP contribution in [0.25, 0.3) is 11.5 Å². The fourth-order valence-electron chi connectivity index (χ4n) is 2.28. The van der Waals surface area contributed by atoms with E-state index in [0.29, 0.717) is 30.3 Å². The highest BCUT2D eigenvalue weighted by molar-refractivity contribution is 5.76. The Bertz CT molecular complexity index is 842. The van der Waals surface area contributed by atoms with E-state index in [1.165, 1.54) is 17.7 Å². The Morgan fingerprint density at radius 2 is 1.80 bits per heavy atom. The molecule has 3 aromatic rings. The van der Waals surface area contributed by atoms with Gasteiger partial charge in [0.15, 0.2) is 0 Å². The maximum Gasteiger partial charge on any atom is 0.247 e. The van der Waals surface area contributed by atoms with Gasteiger partial charge in [-0.1, -0.05) is 29.8 Å². The molecular formula is C19H18FN3O2. The van der Waals surface area contributed by atoms with Crippen LogP contribution < -0.4 is 5.32 Å². The number of nitrogens with zero attached hydrogens (tertiary/aromatic N) is 2. The molecular weight excluding hydrogens is 321 g/mol. The lowest BCUT2D eigenvalue weighted by molar-refractivity contribution is -0.121. The van der Waals surface area contributed by atoms with Crippen LogP contribution in [-0.2, 0) is 17.8 Å². The molecule has 6 heteroatoms. The lowest BCUT2D eigenvalue weighted by Crippen LogP contribution is -2.23. The van der Waals surface area contributed by atoms with E-state index in [0.717, 1.165) is 5.56 Å². The van der Waals surface area contributed by atoms with Gasteiger partial charge < -0.3 is 9.73 Å². The van der Waals surface area contributed by atoms with Crippen molar-refractivity contribution in [3.8, 4) is 11.5 Å². The van der Waals surface area contributed by atoms with Gasteiger partial charge in [0.25, 0.3) is 0 Å². The van der Waals surface area contributed by atoms with Gasteiger partial charge in [0.1, 0.15) is 5.82 Å². The van der Waals surface area contributed by atoms with Crippen molar-refractivity contribution in [1.29, 1.82) is 0 Å². The number of hydrogen-bond acceptors (Lipinski definition) is 4. The smallest absolute Gasteiger partial charge is 0.247 e. The molecule has 0 atom stereocenters. The Morgan fingerprint density at radius 3 is 2.52 bits per heavy atom. The zero-order chi connectivity index (χ0) is 17.6. The number of aryl methyl sites for hydroxylation is 2. The first-order valence-electron chi connectivity index (χ1n) is 8.01. The van der Waals surface area contributed by atoms with Crippen molar-refractivity contribution in [1.82, 2.24) is 15.5 Å². The second kappa shape index (κ2) is 7.70. The molecule has 0 fully saturated rings. The zero-order valence-electron chi connectivity index (χ0n) is 13.8. The number of nitrogens with one attached hydrogen (secondary N) is 1. The Labute approximate surface area is 144 Å². The predicted octanol–water partition coefficient (Wildman–Crippen LogP) is 3.43. The molecule has 3 rings (SSSR count). The van der Waals surface area contributed by atoms with Crippen molar-refractivity contribution in [2.24, 2.45) is 0 Å². The summed E-state index contributed by atoms with van der Waals surface area (Å²) < 4.78 is 18.4. The van der Waals surface area contributed by atoms with Crippen LogP contribution in [0, 0.1) is 12.7 Å². The van der Waals surface area contributed by atoms with Gasteiger partial charge in [-0.05, 0) is 36.8 Å². The van der Waals surface area contributed by atoms with Crippen LogP contribution in [0.2, 0.25) is 0 Å². The van der Waals surface area contributed by atoms with Crippen LogP contribution in [0.4, 0.5) is 4.39 Å². The SMILES string of the molecule is Cc1ccc(CNC(=O)CCc2nnc(-c3ccc(F)cc3)o2)cc1. The first kappa shape index (κ1) is 16.8. The molecule has 0 radical (unpaired) electrons. The van der Waals surface area contributed by atoms with Crippen molar-refractivity contribution < 1.29 is 13.6 Å². The third-order valence-electron chi connectivity index (χ3n) is 3.73. The predicted molar refractivity (Wildman–Crippen MR) is 91.0 cm³/mol. The minimum absolute atomic E-state index is 0.0814. The second-order valence-corrected chi connectivity index (χ2v) is 5.77. The molecule has 0 saturated carbocycles. The Morgan fingerprint density at radius 1 is 1.08 bits per heavy atom. The Balaban J connectivity index is 1.49. The molecule has 0 aliphatic carbocycles. The van der Waals surface area contributed by atoms with Gasteiger partial charge in [-0.15, -0.1) is 10.2 Å². The highest BCUT2D eigenvalue weighted by Crippen LogP contribution is 2.18. The van der Waals surface area contributed by atoms with Crippen molar-refractivity contribution in [3.63, 3.8) is 0 Å². The Kier molecular flexibility index (Phi) is 5.18. The standard InChI is InChI=1S/C19H18FN3O2/c1-13-2-4-14(5-3-13)12-21-17(24)10-11-18-22-23-19(25-18)15-6-8-16(20)9-7-15/h2-9H,10-12H2,1H3,(H,21,24). The van der Waals surface area contributed by atoms with Crippen molar-refractivity contribution in [3.05, 3.63) is 71.4 Å². The van der Waals surface area contributed by atoms with Crippen molar-refractivity contribution in [2.45, 2.75) is 26.3 Å². The van der Waals surface area contributed by atoms with Crippen LogP contribution in [0.15, 0.2) is 52.9 Å². The summed E-state index contributed by atoms with van der Waals surface area (Å²) in [4.78, 5) is 11.9. The van der Waals surface area contributed by atoms with Crippen LogP contribution in [0.5, 0.6) is 0 Å². The normalized spacial score (nSPS) is 10.6. The fraction of sp³-hybridized carbons (Fsp3) is 0.211. The number of aromatic nitrogens is 2. The molecule has 0 spiro atoms. The third-order valence-corrected chi connectivity index (χ3v) is 3.73. The molecule has 0 unspecified atom stereocenters. The van der Waals surface area contributed by atoms with Gasteiger partial charge in [0, 0.05) is 24.9 Å². The first-order chi connectivity index (χ1) is 12.1. The molecule has 0 saturated heterocycles. The lowest BCUT2D eigenvalue weighted by atomic mass is 10.1. The monoisotopic (exact) mass is 339 g/mol. The first-order valence-corrected chi connectivity index (χ1v) is 8.01. The van der Waals surface area contributed by atoms with E-state index >= 15 is 0 Å². The molecule has 128 valence electrons. The highest BCUT2D eigenvalue weighted by atomic mass is 19.1. The van der Waals surface area contributed by atoms with E-state index in [1.54, 1.807) is 12.1 Å². The minimum atomic E-state index is -0.325. The van der Waals surface area contributed by atoms with Gasteiger partial charge in [-0.25, -0.2) is 4.39 Å². The van der Waals surface area contributed by atoms with Gasteiger partial charge in [0.2, 0.25) is 17.7 Å². The summed E-state index contributed by atoms with van der Waals surface area (Å²) in [6.45, 7) is 2.51. The topological polar surface area (TPSA) is 68.0 Å². The lowest BCUT2D eigenvalue weighted by Gasteiger charge is -2.04. The molecule has 5 nitrogen and oxygen atoms in total. The van der Waals surface area contributed by atoms with Crippen LogP contribution in [-0.4, -0.2) is 16.1 Å². The molecule has 1 N–H and O–H groups in total. The van der Waals surface area contributed by atoms with E-state index in [4.69, 9.17) is 4.42 Å². The summed E-state index contributed by atoms with van der Waals surface area (Å²) in [7, 11) is 0. The number of rotatable bonds is 6. The zero-order valence-corrected chi connectivity index (χ0v) is 13.8. The number of carbonyl (C=O) groups excluding carboxylic acids is 1. The maximum absolute atomic E-state index is 12.9. The van der Waals surface area contributed by atoms with E-state index in [9.17, 15) is 9.18 Å². The third kappa shape index (κ3) is 4.73. The molecule has 0 aliphatic heterocycles. The van der Waals surface area contributed by atoms with Crippen molar-refractivity contribution >= 4 is 5.91 Å². The summed E-state index contributed by atoms with van der Waals surface area (Å²) in [5.41, 5.74) is 2.88. The molecule has 1 amide bonds. The molecule has 2 aromatic carbocycles. The van der Waals surface area contributed by atoms with E-state index in [-0.39, 0.29) is 18.1 Å². The number of carbonyl (C=O) groups is 1. The fourth-order valence-corrected chi connectivity index (χ4v) is 2.28. The van der Waals surface area contributed by atoms with E-state index < -0.39 is 0 Å². The van der Waals surface area contributed by atoms with Crippen LogP contribution in [0.3, 0.4) is 0 Å². The summed E-state index contributed by atoms with van der Waals surface area (Å²) in [6, 6.07) is 13.8. The summed E-state index contributed by atoms with van der Waals surface area (Å²) in [5.74, 6) is 0.288. The van der Waals surface area contributed by atoms with Gasteiger partial charge in [0.05, 0.1) is 0 Å². The summed E-state index contributed by atoms with van der Waals surface area (Å²) in [6.07, 6.45) is 0.616. The second-order valence-electron chi connectivity index (χ2n) is 5.77. The maximum atomic E-state index is 12.9. The Hall–Kier alpha value is -3.02. The van der Waals surface area contributed by atoms with Crippen LogP contribution in [0.1, 0.15) is 23.4 Å². The molecule has 1 heterocycles. The molecule has 0 bridgehead atoms. The van der Waals surface area contributed by atoms with Gasteiger partial charge in [-0.3, -0.25) is 4.79 Å². The molecule has 1 aromatic heterocycles.